The average molecular weight is 396 g/mol. The second kappa shape index (κ2) is 9.41. The maximum Gasteiger partial charge on any atom is 0.242 e. The molecule has 4 N–H and O–H groups in total. The summed E-state index contributed by atoms with van der Waals surface area (Å²) in [6.45, 7) is 0.542. The van der Waals surface area contributed by atoms with E-state index in [0.29, 0.717) is 25.3 Å². The first-order chi connectivity index (χ1) is 14.1. The van der Waals surface area contributed by atoms with Gasteiger partial charge in [0.15, 0.2) is 0 Å². The molecule has 1 saturated heterocycles. The normalized spacial score (nSPS) is 26.9. The molecule has 1 aromatic carbocycles. The van der Waals surface area contributed by atoms with Crippen molar-refractivity contribution in [3.05, 3.63) is 35.9 Å². The van der Waals surface area contributed by atoms with Gasteiger partial charge in [-0.2, -0.15) is 5.26 Å². The van der Waals surface area contributed by atoms with Crippen LogP contribution < -0.4 is 21.3 Å². The number of nitriles is 1. The van der Waals surface area contributed by atoms with E-state index in [0.717, 1.165) is 25.7 Å². The number of hydrogen-bond acceptors (Lipinski definition) is 4. The average Bonchev–Trinajstić information content (AvgIpc) is 3.20. The van der Waals surface area contributed by atoms with Crippen molar-refractivity contribution in [1.82, 2.24) is 21.3 Å². The number of nitrogens with zero attached hydrogens (tertiary/aromatic N) is 2. The third-order valence-corrected chi connectivity index (χ3v) is 5.98. The van der Waals surface area contributed by atoms with Gasteiger partial charge in [0.2, 0.25) is 24.0 Å². The van der Waals surface area contributed by atoms with Gasteiger partial charge in [0, 0.05) is 31.5 Å². The summed E-state index contributed by atoms with van der Waals surface area (Å²) < 4.78 is 0. The van der Waals surface area contributed by atoms with Gasteiger partial charge in [0.1, 0.15) is 6.04 Å². The van der Waals surface area contributed by atoms with E-state index in [1.54, 1.807) is 13.2 Å². The molecule has 0 aromatic heterocycles. The fraction of sp³-hybridized carbons (Fsp3) is 0.524. The number of benzene rings is 1. The van der Waals surface area contributed by atoms with E-state index in [9.17, 15) is 9.59 Å². The first kappa shape index (κ1) is 20.6. The van der Waals surface area contributed by atoms with Crippen molar-refractivity contribution in [3.8, 4) is 6.19 Å². The van der Waals surface area contributed by atoms with Crippen LogP contribution in [-0.4, -0.2) is 43.5 Å². The summed E-state index contributed by atoms with van der Waals surface area (Å²) in [6.07, 6.45) is 6.36. The number of carbonyl (C=O) groups excluding carboxylic acids is 2. The van der Waals surface area contributed by atoms with E-state index in [-0.39, 0.29) is 23.3 Å². The molecule has 3 rings (SSSR count). The van der Waals surface area contributed by atoms with E-state index in [4.69, 9.17) is 5.26 Å². The predicted molar refractivity (Wildman–Crippen MR) is 110 cm³/mol. The molecular weight excluding hydrogens is 368 g/mol. The van der Waals surface area contributed by atoms with Crippen molar-refractivity contribution in [2.24, 2.45) is 4.99 Å². The maximum atomic E-state index is 12.5. The Bertz CT molecular complexity index is 793. The van der Waals surface area contributed by atoms with Crippen molar-refractivity contribution >= 4 is 17.8 Å². The number of amides is 2. The summed E-state index contributed by atoms with van der Waals surface area (Å²) in [6, 6.07) is 10.1. The molecule has 1 aliphatic heterocycles. The Kier molecular flexibility index (Phi) is 6.70. The summed E-state index contributed by atoms with van der Waals surface area (Å²) in [5.41, 5.74) is 1.07. The Morgan fingerprint density at radius 1 is 1.28 bits per heavy atom. The Morgan fingerprint density at radius 2 is 2.00 bits per heavy atom. The highest BCUT2D eigenvalue weighted by Crippen LogP contribution is 2.39. The smallest absolute Gasteiger partial charge is 0.242 e. The number of hydrogen-bond donors (Lipinski definition) is 4. The van der Waals surface area contributed by atoms with Crippen LogP contribution in [-0.2, 0) is 15.0 Å². The molecule has 2 amide bonds. The van der Waals surface area contributed by atoms with Crippen LogP contribution >= 0.6 is 0 Å². The minimum Gasteiger partial charge on any atom is -0.359 e. The fourth-order valence-electron chi connectivity index (χ4n) is 4.27. The SMILES string of the molecule is CN/C(=N\C#N)N[C@H]1CC[C@](CNC(=O)[C@H]2CCC(=O)N2)(c2ccccc2)CC1. The van der Waals surface area contributed by atoms with Crippen LogP contribution in [0.15, 0.2) is 35.3 Å². The van der Waals surface area contributed by atoms with Crippen LogP contribution in [0.25, 0.3) is 0 Å². The Morgan fingerprint density at radius 3 is 2.59 bits per heavy atom. The molecule has 2 aliphatic rings. The second-order valence-corrected chi connectivity index (χ2v) is 7.75. The third kappa shape index (κ3) is 5.05. The molecule has 0 spiro atoms. The summed E-state index contributed by atoms with van der Waals surface area (Å²) >= 11 is 0. The molecule has 154 valence electrons. The molecule has 29 heavy (non-hydrogen) atoms. The van der Waals surface area contributed by atoms with Gasteiger partial charge >= 0.3 is 0 Å². The highest BCUT2D eigenvalue weighted by atomic mass is 16.2. The lowest BCUT2D eigenvalue weighted by molar-refractivity contribution is -0.126. The monoisotopic (exact) mass is 396 g/mol. The topological polar surface area (TPSA) is 118 Å². The van der Waals surface area contributed by atoms with Gasteiger partial charge in [-0.25, -0.2) is 0 Å². The Hall–Kier alpha value is -3.08. The minimum atomic E-state index is -0.422. The lowest BCUT2D eigenvalue weighted by atomic mass is 9.68. The van der Waals surface area contributed by atoms with Crippen LogP contribution in [0.1, 0.15) is 44.1 Å². The van der Waals surface area contributed by atoms with Crippen LogP contribution in [0.5, 0.6) is 0 Å². The number of carbonyl (C=O) groups is 2. The number of aliphatic imine (C=N–C) groups is 1. The number of nitrogens with one attached hydrogen (secondary N) is 4. The zero-order chi connectivity index (χ0) is 20.7. The molecule has 2 fully saturated rings. The zero-order valence-electron chi connectivity index (χ0n) is 16.7. The van der Waals surface area contributed by atoms with Crippen LogP contribution in [0.2, 0.25) is 0 Å². The van der Waals surface area contributed by atoms with Gasteiger partial charge < -0.3 is 21.3 Å². The van der Waals surface area contributed by atoms with Gasteiger partial charge in [0.25, 0.3) is 0 Å². The molecule has 0 bridgehead atoms. The first-order valence-corrected chi connectivity index (χ1v) is 10.1. The quantitative estimate of drug-likeness (QED) is 0.335. The summed E-state index contributed by atoms with van der Waals surface area (Å²) in [5.74, 6) is 0.314. The number of rotatable bonds is 5. The first-order valence-electron chi connectivity index (χ1n) is 10.1. The molecule has 1 atom stereocenters. The molecule has 8 heteroatoms. The summed E-state index contributed by atoms with van der Waals surface area (Å²) in [4.78, 5) is 27.7. The lowest BCUT2D eigenvalue weighted by Crippen LogP contribution is -2.51. The molecule has 0 radical (unpaired) electrons. The number of guanidine groups is 1. The zero-order valence-corrected chi connectivity index (χ0v) is 16.7. The molecule has 1 aromatic rings. The molecule has 0 unspecified atom stereocenters. The standard InChI is InChI=1S/C21H28N6O2/c1-23-20(25-14-22)26-16-9-11-21(12-10-16,15-5-3-2-4-6-15)13-24-19(29)17-7-8-18(28)27-17/h2-6,16-17H,7-13H2,1H3,(H,24,29)(H,27,28)(H2,23,25,26)/t16-,17-,21-/m1/s1. The largest absolute Gasteiger partial charge is 0.359 e. The molecular formula is C21H28N6O2. The van der Waals surface area contributed by atoms with E-state index in [1.807, 2.05) is 18.2 Å². The van der Waals surface area contributed by atoms with Crippen molar-refractivity contribution < 1.29 is 9.59 Å². The molecule has 1 saturated carbocycles. The Balaban J connectivity index is 1.67. The highest BCUT2D eigenvalue weighted by molar-refractivity contribution is 5.90. The van der Waals surface area contributed by atoms with E-state index in [1.165, 1.54) is 5.56 Å². The second-order valence-electron chi connectivity index (χ2n) is 7.75. The van der Waals surface area contributed by atoms with Gasteiger partial charge in [-0.1, -0.05) is 30.3 Å². The lowest BCUT2D eigenvalue weighted by Gasteiger charge is -2.41. The highest BCUT2D eigenvalue weighted by Gasteiger charge is 2.38. The maximum absolute atomic E-state index is 12.5. The van der Waals surface area contributed by atoms with Crippen molar-refractivity contribution in [2.45, 2.75) is 56.0 Å². The van der Waals surface area contributed by atoms with Gasteiger partial charge in [0.05, 0.1) is 0 Å². The van der Waals surface area contributed by atoms with Crippen LogP contribution in [0.4, 0.5) is 0 Å². The van der Waals surface area contributed by atoms with Gasteiger partial charge in [-0.05, 0) is 37.7 Å². The summed E-state index contributed by atoms with van der Waals surface area (Å²) in [7, 11) is 1.73. The van der Waals surface area contributed by atoms with Crippen molar-refractivity contribution in [2.75, 3.05) is 13.6 Å². The van der Waals surface area contributed by atoms with E-state index in [2.05, 4.69) is 38.4 Å². The third-order valence-electron chi connectivity index (χ3n) is 5.98. The van der Waals surface area contributed by atoms with Gasteiger partial charge in [-0.15, -0.1) is 4.99 Å². The minimum absolute atomic E-state index is 0.0612. The van der Waals surface area contributed by atoms with Crippen molar-refractivity contribution in [1.29, 1.82) is 5.26 Å². The fourth-order valence-corrected chi connectivity index (χ4v) is 4.27. The predicted octanol–water partition coefficient (Wildman–Crippen LogP) is 0.908. The van der Waals surface area contributed by atoms with Gasteiger partial charge in [-0.3, -0.25) is 9.59 Å². The molecule has 1 heterocycles. The van der Waals surface area contributed by atoms with Crippen LogP contribution in [0, 0.1) is 11.5 Å². The van der Waals surface area contributed by atoms with Crippen molar-refractivity contribution in [3.63, 3.8) is 0 Å². The van der Waals surface area contributed by atoms with Crippen LogP contribution in [0.3, 0.4) is 0 Å². The Labute approximate surface area is 171 Å². The van der Waals surface area contributed by atoms with E-state index >= 15 is 0 Å². The molecule has 1 aliphatic carbocycles. The summed E-state index contributed by atoms with van der Waals surface area (Å²) in [5, 5.41) is 20.8. The van der Waals surface area contributed by atoms with E-state index < -0.39 is 6.04 Å². The molecule has 8 nitrogen and oxygen atoms in total.